The molecule has 14 heteroatoms. The second-order valence-corrected chi connectivity index (χ2v) is 12.6. The Kier molecular flexibility index (Phi) is 11.1. The van der Waals surface area contributed by atoms with Crippen LogP contribution in [-0.2, 0) is 27.3 Å². The lowest BCUT2D eigenvalue weighted by atomic mass is 9.90. The normalized spacial score (nSPS) is 17.9. The molecule has 4 atom stereocenters. The van der Waals surface area contributed by atoms with Crippen molar-refractivity contribution in [3.05, 3.63) is 82.4 Å². The molecular formula is C35H42F3N7O4. The maximum absolute atomic E-state index is 15.7. The number of benzene rings is 2. The van der Waals surface area contributed by atoms with E-state index in [1.807, 2.05) is 7.05 Å². The number of rotatable bonds is 11. The van der Waals surface area contributed by atoms with E-state index in [2.05, 4.69) is 25.9 Å². The molecule has 4 amide bonds. The van der Waals surface area contributed by atoms with Crippen LogP contribution in [0.3, 0.4) is 0 Å². The Bertz CT molecular complexity index is 1720. The van der Waals surface area contributed by atoms with E-state index in [1.165, 1.54) is 35.1 Å². The topological polar surface area (TPSA) is 129 Å². The third kappa shape index (κ3) is 7.79. The van der Waals surface area contributed by atoms with Crippen LogP contribution < -0.4 is 16.0 Å². The Labute approximate surface area is 283 Å². The molecule has 3 aromatic rings. The number of aromatic nitrogens is 2. The first kappa shape index (κ1) is 35.6. The summed E-state index contributed by atoms with van der Waals surface area (Å²) >= 11 is 0. The van der Waals surface area contributed by atoms with Crippen LogP contribution in [0.5, 0.6) is 0 Å². The van der Waals surface area contributed by atoms with Gasteiger partial charge in [-0.1, -0.05) is 19.9 Å². The fourth-order valence-corrected chi connectivity index (χ4v) is 6.61. The highest BCUT2D eigenvalue weighted by Crippen LogP contribution is 2.38. The van der Waals surface area contributed by atoms with Gasteiger partial charge in [0.1, 0.15) is 35.2 Å². The van der Waals surface area contributed by atoms with Crippen molar-refractivity contribution in [1.82, 2.24) is 30.2 Å². The van der Waals surface area contributed by atoms with Crippen molar-refractivity contribution >= 4 is 29.3 Å². The molecule has 262 valence electrons. The second kappa shape index (κ2) is 15.2. The van der Waals surface area contributed by atoms with Gasteiger partial charge < -0.3 is 25.8 Å². The number of halogens is 3. The largest absolute Gasteiger partial charge is 0.344 e. The van der Waals surface area contributed by atoms with E-state index in [9.17, 15) is 23.6 Å². The predicted molar refractivity (Wildman–Crippen MR) is 176 cm³/mol. The summed E-state index contributed by atoms with van der Waals surface area (Å²) in [5, 5.41) is 12.1. The first-order chi connectivity index (χ1) is 23.4. The number of hydrogen-bond acceptors (Lipinski definition) is 6. The highest BCUT2D eigenvalue weighted by atomic mass is 19.1. The molecule has 49 heavy (non-hydrogen) atoms. The van der Waals surface area contributed by atoms with Crippen LogP contribution in [0.1, 0.15) is 72.6 Å². The van der Waals surface area contributed by atoms with E-state index < -0.39 is 53.2 Å². The number of amides is 4. The molecule has 1 aliphatic heterocycles. The maximum Gasteiger partial charge on any atom is 0.270 e. The zero-order valence-electron chi connectivity index (χ0n) is 28.1. The number of likely N-dealkylation sites (N-methyl/N-ethyl adjacent to an activating group) is 1. The quantitative estimate of drug-likeness (QED) is 0.284. The van der Waals surface area contributed by atoms with E-state index in [-0.39, 0.29) is 48.0 Å². The predicted octanol–water partition coefficient (Wildman–Crippen LogP) is 3.56. The summed E-state index contributed by atoms with van der Waals surface area (Å²) in [4.78, 5) is 57.0. The van der Waals surface area contributed by atoms with Crippen LogP contribution in [0.25, 0.3) is 0 Å². The summed E-state index contributed by atoms with van der Waals surface area (Å²) in [6.45, 7) is 7.97. The van der Waals surface area contributed by atoms with Crippen LogP contribution in [0, 0.1) is 17.5 Å². The van der Waals surface area contributed by atoms with E-state index in [4.69, 9.17) is 0 Å². The number of anilines is 1. The minimum atomic E-state index is -1.35. The van der Waals surface area contributed by atoms with E-state index in [0.717, 1.165) is 6.07 Å². The molecule has 1 aliphatic carbocycles. The van der Waals surface area contributed by atoms with Crippen LogP contribution in [0.4, 0.5) is 18.9 Å². The Morgan fingerprint density at radius 3 is 2.37 bits per heavy atom. The highest BCUT2D eigenvalue weighted by molar-refractivity contribution is 6.01. The van der Waals surface area contributed by atoms with Gasteiger partial charge in [0.2, 0.25) is 17.7 Å². The average Bonchev–Trinajstić information content (AvgIpc) is 3.74. The number of nitrogens with one attached hydrogen (secondary N) is 3. The monoisotopic (exact) mass is 681 g/mol. The Balaban J connectivity index is 1.39. The van der Waals surface area contributed by atoms with Gasteiger partial charge >= 0.3 is 0 Å². The van der Waals surface area contributed by atoms with Gasteiger partial charge in [0, 0.05) is 63.2 Å². The van der Waals surface area contributed by atoms with Crippen molar-refractivity contribution in [2.24, 2.45) is 0 Å². The number of nitrogens with zero attached hydrogens (tertiary/aromatic N) is 4. The number of carbonyl (C=O) groups is 4. The lowest BCUT2D eigenvalue weighted by molar-refractivity contribution is -0.138. The lowest BCUT2D eigenvalue weighted by Gasteiger charge is -2.36. The molecule has 1 fully saturated rings. The van der Waals surface area contributed by atoms with Gasteiger partial charge in [-0.05, 0) is 67.8 Å². The van der Waals surface area contributed by atoms with Crippen LogP contribution >= 0.6 is 0 Å². The van der Waals surface area contributed by atoms with Crippen molar-refractivity contribution in [3.8, 4) is 0 Å². The first-order valence-corrected chi connectivity index (χ1v) is 16.6. The molecule has 5 rings (SSSR count). The zero-order chi connectivity index (χ0) is 35.4. The summed E-state index contributed by atoms with van der Waals surface area (Å²) in [6.07, 6.45) is 2.13. The fourth-order valence-electron chi connectivity index (χ4n) is 6.61. The van der Waals surface area contributed by atoms with Gasteiger partial charge in [-0.15, -0.1) is 0 Å². The molecule has 0 radical (unpaired) electrons. The summed E-state index contributed by atoms with van der Waals surface area (Å²) in [7, 11) is 1.97. The summed E-state index contributed by atoms with van der Waals surface area (Å²) in [5.41, 5.74) is 0.926. The van der Waals surface area contributed by atoms with E-state index in [1.54, 1.807) is 31.7 Å². The molecular weight excluding hydrogens is 639 g/mol. The molecule has 0 spiro atoms. The van der Waals surface area contributed by atoms with E-state index in [0.29, 0.717) is 43.9 Å². The number of piperazine rings is 1. The average molecular weight is 682 g/mol. The van der Waals surface area contributed by atoms with Gasteiger partial charge in [0.15, 0.2) is 0 Å². The van der Waals surface area contributed by atoms with Gasteiger partial charge in [-0.25, -0.2) is 13.2 Å². The molecule has 2 heterocycles. The van der Waals surface area contributed by atoms with Crippen molar-refractivity contribution in [1.29, 1.82) is 0 Å². The highest BCUT2D eigenvalue weighted by Gasteiger charge is 2.39. The fraction of sp³-hybridized carbons (Fsp3) is 0.457. The zero-order valence-corrected chi connectivity index (χ0v) is 28.1. The van der Waals surface area contributed by atoms with Gasteiger partial charge in [0.05, 0.1) is 5.69 Å². The molecule has 2 aliphatic rings. The van der Waals surface area contributed by atoms with Crippen molar-refractivity contribution in [2.45, 2.75) is 70.5 Å². The van der Waals surface area contributed by atoms with Crippen LogP contribution in [-0.4, -0.2) is 88.5 Å². The summed E-state index contributed by atoms with van der Waals surface area (Å²) in [5.74, 6) is -5.85. The standard InChI is InChI=1S/C35H42F3N7O4/c1-5-29(46)41-31(35(49)44-15-13-43(4)14-16-44)20(3)21-8-10-27(25(37)18-21)40-34(48)32(42-33(47)28-11-12-39-45(28)6-2)24-9-7-22-17-23(36)19-26(38)30(22)24/h8,10-12,17-20,24,31-32H,5-7,9,13-16H2,1-4H3,(H,40,48)(H,41,46)(H,42,47)/t20-,24?,31+,32?/m0/s1. The molecule has 0 bridgehead atoms. The molecule has 2 aromatic carbocycles. The number of fused-ring (bicyclic) bond motifs is 1. The maximum atomic E-state index is 15.7. The molecule has 11 nitrogen and oxygen atoms in total. The first-order valence-electron chi connectivity index (χ1n) is 16.6. The lowest BCUT2D eigenvalue weighted by Crippen LogP contribution is -2.55. The molecule has 3 N–H and O–H groups in total. The smallest absolute Gasteiger partial charge is 0.270 e. The Morgan fingerprint density at radius 1 is 0.959 bits per heavy atom. The third-order valence-electron chi connectivity index (χ3n) is 9.49. The molecule has 2 unspecified atom stereocenters. The number of hydrogen-bond donors (Lipinski definition) is 3. The van der Waals surface area contributed by atoms with Crippen molar-refractivity contribution < 1.29 is 32.3 Å². The van der Waals surface area contributed by atoms with Gasteiger partial charge in [-0.2, -0.15) is 5.10 Å². The third-order valence-corrected chi connectivity index (χ3v) is 9.49. The Hall–Kier alpha value is -4.72. The summed E-state index contributed by atoms with van der Waals surface area (Å²) < 4.78 is 46.3. The van der Waals surface area contributed by atoms with E-state index >= 15 is 8.78 Å². The van der Waals surface area contributed by atoms with Gasteiger partial charge in [-0.3, -0.25) is 23.9 Å². The number of aryl methyl sites for hydroxylation is 2. The second-order valence-electron chi connectivity index (χ2n) is 12.6. The SMILES string of the molecule is CCC(=O)N[C@@H](C(=O)N1CCN(C)CC1)[C@@H](C)c1ccc(NC(=O)C(NC(=O)c2ccnn2CC)C2CCc3cc(F)cc(F)c32)c(F)c1. The van der Waals surface area contributed by atoms with Crippen molar-refractivity contribution in [2.75, 3.05) is 38.5 Å². The molecule has 1 saturated heterocycles. The molecule has 0 saturated carbocycles. The van der Waals surface area contributed by atoms with Crippen LogP contribution in [0.2, 0.25) is 0 Å². The van der Waals surface area contributed by atoms with Crippen LogP contribution in [0.15, 0.2) is 42.6 Å². The van der Waals surface area contributed by atoms with Gasteiger partial charge in [0.25, 0.3) is 5.91 Å². The van der Waals surface area contributed by atoms with Crippen molar-refractivity contribution in [3.63, 3.8) is 0 Å². The Morgan fingerprint density at radius 2 is 1.69 bits per heavy atom. The minimum Gasteiger partial charge on any atom is -0.344 e. The number of carbonyl (C=O) groups excluding carboxylic acids is 4. The molecule has 1 aromatic heterocycles. The minimum absolute atomic E-state index is 0.126. The summed E-state index contributed by atoms with van der Waals surface area (Å²) in [6, 6.07) is 5.26.